The van der Waals surface area contributed by atoms with Crippen molar-refractivity contribution in [2.45, 2.75) is 0 Å². The van der Waals surface area contributed by atoms with Crippen molar-refractivity contribution >= 4 is 28.1 Å². The van der Waals surface area contributed by atoms with Crippen LogP contribution in [0.15, 0.2) is 41.8 Å². The summed E-state index contributed by atoms with van der Waals surface area (Å²) in [6, 6.07) is 10.3. The highest BCUT2D eigenvalue weighted by Crippen LogP contribution is 2.32. The molecule has 0 amide bonds. The number of hydrogen-bond donors (Lipinski definition) is 2. The van der Waals surface area contributed by atoms with E-state index in [1.54, 1.807) is 17.4 Å². The molecule has 90 valence electrons. The maximum Gasteiger partial charge on any atom is 0.149 e. The van der Waals surface area contributed by atoms with Crippen LogP contribution in [-0.2, 0) is 0 Å². The fourth-order valence-corrected chi connectivity index (χ4v) is 2.62. The topological polar surface area (TPSA) is 50.9 Å². The van der Waals surface area contributed by atoms with E-state index in [0.717, 1.165) is 15.8 Å². The Morgan fingerprint density at radius 2 is 2.11 bits per heavy atom. The lowest BCUT2D eigenvalue weighted by Crippen LogP contribution is -2.09. The lowest BCUT2D eigenvalue weighted by Gasteiger charge is -2.08. The monoisotopic (exact) mass is 259 g/mol. The van der Waals surface area contributed by atoms with E-state index in [1.807, 2.05) is 23.6 Å². The summed E-state index contributed by atoms with van der Waals surface area (Å²) in [6.45, 7) is 0. The lowest BCUT2D eigenvalue weighted by atomic mass is 10.1. The van der Waals surface area contributed by atoms with Crippen molar-refractivity contribution < 1.29 is 4.39 Å². The van der Waals surface area contributed by atoms with Crippen LogP contribution in [0.25, 0.3) is 21.3 Å². The molecule has 3 aromatic rings. The second-order valence-corrected chi connectivity index (χ2v) is 4.79. The first-order valence-corrected chi connectivity index (χ1v) is 6.27. The van der Waals surface area contributed by atoms with Gasteiger partial charge in [-0.05, 0) is 35.7 Å². The van der Waals surface area contributed by atoms with Gasteiger partial charge in [0.2, 0.25) is 0 Å². The molecule has 0 spiro atoms. The number of nitrogen functional groups attached to an aromatic ring is 1. The van der Waals surface area contributed by atoms with E-state index >= 15 is 0 Å². The molecule has 5 heteroatoms. The van der Waals surface area contributed by atoms with Crippen LogP contribution in [0.2, 0.25) is 0 Å². The van der Waals surface area contributed by atoms with E-state index in [2.05, 4.69) is 10.4 Å². The van der Waals surface area contributed by atoms with E-state index in [4.69, 9.17) is 5.84 Å². The molecular weight excluding hydrogens is 249 g/mol. The highest BCUT2D eigenvalue weighted by Gasteiger charge is 2.09. The first-order chi connectivity index (χ1) is 8.78. The Morgan fingerprint density at radius 3 is 2.83 bits per heavy atom. The molecule has 3 nitrogen and oxygen atoms in total. The van der Waals surface area contributed by atoms with Gasteiger partial charge in [0.25, 0.3) is 0 Å². The number of nitrogens with zero attached hydrogens (tertiary/aromatic N) is 1. The number of benzene rings is 1. The highest BCUT2D eigenvalue weighted by atomic mass is 32.1. The maximum atomic E-state index is 13.2. The molecule has 0 atom stereocenters. The number of aromatic nitrogens is 1. The van der Waals surface area contributed by atoms with Gasteiger partial charge in [-0.3, -0.25) is 0 Å². The molecule has 0 saturated carbocycles. The van der Waals surface area contributed by atoms with E-state index in [9.17, 15) is 4.39 Å². The molecule has 18 heavy (non-hydrogen) atoms. The first-order valence-electron chi connectivity index (χ1n) is 5.39. The predicted octanol–water partition coefficient (Wildman–Crippen LogP) is 3.39. The summed E-state index contributed by atoms with van der Waals surface area (Å²) in [4.78, 5) is 5.44. The van der Waals surface area contributed by atoms with Crippen LogP contribution in [0.4, 0.5) is 10.2 Å². The van der Waals surface area contributed by atoms with Crippen molar-refractivity contribution in [2.24, 2.45) is 5.84 Å². The average Bonchev–Trinajstić information content (AvgIpc) is 2.90. The van der Waals surface area contributed by atoms with Crippen molar-refractivity contribution in [3.63, 3.8) is 0 Å². The summed E-state index contributed by atoms with van der Waals surface area (Å²) in [5, 5.41) is 2.74. The first kappa shape index (κ1) is 11.1. The second-order valence-electron chi connectivity index (χ2n) is 3.84. The van der Waals surface area contributed by atoms with Crippen LogP contribution in [0.1, 0.15) is 0 Å². The van der Waals surface area contributed by atoms with Crippen molar-refractivity contribution in [1.29, 1.82) is 0 Å². The number of pyridine rings is 1. The van der Waals surface area contributed by atoms with Crippen molar-refractivity contribution in [3.05, 3.63) is 47.6 Å². The van der Waals surface area contributed by atoms with Crippen LogP contribution < -0.4 is 11.3 Å². The molecule has 0 unspecified atom stereocenters. The predicted molar refractivity (Wildman–Crippen MR) is 72.8 cm³/mol. The summed E-state index contributed by atoms with van der Waals surface area (Å²) in [5.41, 5.74) is 4.19. The van der Waals surface area contributed by atoms with Gasteiger partial charge in [0, 0.05) is 15.8 Å². The molecule has 0 aliphatic carbocycles. The largest absolute Gasteiger partial charge is 0.308 e. The number of thiophene rings is 1. The maximum absolute atomic E-state index is 13.2. The van der Waals surface area contributed by atoms with Gasteiger partial charge in [0.05, 0.1) is 5.52 Å². The number of hydrazine groups is 1. The van der Waals surface area contributed by atoms with Crippen molar-refractivity contribution in [3.8, 4) is 10.4 Å². The normalized spacial score (nSPS) is 10.8. The number of hydrogen-bond acceptors (Lipinski definition) is 4. The van der Waals surface area contributed by atoms with Gasteiger partial charge >= 0.3 is 0 Å². The van der Waals surface area contributed by atoms with Gasteiger partial charge in [-0.15, -0.1) is 11.3 Å². The molecular formula is C13H10FN3S. The Balaban J connectivity index is 2.29. The Bertz CT molecular complexity index is 695. The van der Waals surface area contributed by atoms with Crippen molar-refractivity contribution in [1.82, 2.24) is 4.98 Å². The summed E-state index contributed by atoms with van der Waals surface area (Å²) in [7, 11) is 0. The summed E-state index contributed by atoms with van der Waals surface area (Å²) in [5.74, 6) is 5.82. The van der Waals surface area contributed by atoms with Crippen LogP contribution in [-0.4, -0.2) is 4.98 Å². The van der Waals surface area contributed by atoms with Gasteiger partial charge in [0.15, 0.2) is 0 Å². The fraction of sp³-hybridized carbons (Fsp3) is 0. The van der Waals surface area contributed by atoms with Crippen LogP contribution in [0, 0.1) is 5.82 Å². The Morgan fingerprint density at radius 1 is 1.22 bits per heavy atom. The molecule has 1 aromatic carbocycles. The van der Waals surface area contributed by atoms with Crippen LogP contribution in [0.3, 0.4) is 0 Å². The van der Waals surface area contributed by atoms with Crippen LogP contribution >= 0.6 is 11.3 Å². The van der Waals surface area contributed by atoms with E-state index < -0.39 is 0 Å². The third-order valence-electron chi connectivity index (χ3n) is 2.70. The van der Waals surface area contributed by atoms with E-state index in [-0.39, 0.29) is 5.82 Å². The standard InChI is InChI=1S/C13H10FN3S/c14-9-3-4-11-8(6-9)7-10(13(16-11)17-15)12-2-1-5-18-12/h1-7H,15H2,(H,16,17). The molecule has 0 bridgehead atoms. The highest BCUT2D eigenvalue weighted by molar-refractivity contribution is 7.13. The average molecular weight is 259 g/mol. The summed E-state index contributed by atoms with van der Waals surface area (Å²) < 4.78 is 13.2. The van der Waals surface area contributed by atoms with E-state index in [0.29, 0.717) is 11.3 Å². The zero-order valence-corrected chi connectivity index (χ0v) is 10.2. The minimum absolute atomic E-state index is 0.269. The quantitative estimate of drug-likeness (QED) is 0.548. The SMILES string of the molecule is NNc1nc2ccc(F)cc2cc1-c1cccs1. The van der Waals surface area contributed by atoms with Crippen molar-refractivity contribution in [2.75, 3.05) is 5.43 Å². The number of nitrogens with two attached hydrogens (primary N) is 1. The number of nitrogens with one attached hydrogen (secondary N) is 1. The third kappa shape index (κ3) is 1.83. The number of fused-ring (bicyclic) bond motifs is 1. The summed E-state index contributed by atoms with van der Waals surface area (Å²) >= 11 is 1.59. The van der Waals surface area contributed by atoms with Gasteiger partial charge in [-0.25, -0.2) is 15.2 Å². The molecule has 0 saturated heterocycles. The van der Waals surface area contributed by atoms with Gasteiger partial charge in [0.1, 0.15) is 11.6 Å². The zero-order chi connectivity index (χ0) is 12.5. The molecule has 2 aromatic heterocycles. The Kier molecular flexibility index (Phi) is 2.70. The minimum atomic E-state index is -0.269. The molecule has 0 radical (unpaired) electrons. The molecule has 2 heterocycles. The molecule has 3 rings (SSSR count). The summed E-state index contributed by atoms with van der Waals surface area (Å²) in [6.07, 6.45) is 0. The van der Waals surface area contributed by atoms with Gasteiger partial charge in [-0.2, -0.15) is 0 Å². The number of rotatable bonds is 2. The molecule has 3 N–H and O–H groups in total. The van der Waals surface area contributed by atoms with Gasteiger partial charge < -0.3 is 5.43 Å². The zero-order valence-electron chi connectivity index (χ0n) is 9.35. The molecule has 0 fully saturated rings. The Hall–Kier alpha value is -1.98. The Labute approximate surface area is 107 Å². The van der Waals surface area contributed by atoms with E-state index in [1.165, 1.54) is 12.1 Å². The number of halogens is 1. The number of anilines is 1. The molecule has 0 aliphatic heterocycles. The lowest BCUT2D eigenvalue weighted by molar-refractivity contribution is 0.629. The third-order valence-corrected chi connectivity index (χ3v) is 3.60. The van der Waals surface area contributed by atoms with Gasteiger partial charge in [-0.1, -0.05) is 6.07 Å². The fourth-order valence-electron chi connectivity index (χ4n) is 1.88. The van der Waals surface area contributed by atoms with Crippen LogP contribution in [0.5, 0.6) is 0 Å². The minimum Gasteiger partial charge on any atom is -0.308 e. The smallest absolute Gasteiger partial charge is 0.149 e. The second kappa shape index (κ2) is 4.36. The molecule has 0 aliphatic rings.